The predicted molar refractivity (Wildman–Crippen MR) is 132 cm³/mol. The van der Waals surface area contributed by atoms with Crippen molar-refractivity contribution in [1.82, 2.24) is 10.3 Å². The minimum Gasteiger partial charge on any atom is -0.370 e. The van der Waals surface area contributed by atoms with Gasteiger partial charge in [-0.1, -0.05) is 36.4 Å². The van der Waals surface area contributed by atoms with Crippen LogP contribution in [0, 0.1) is 17.2 Å². The van der Waals surface area contributed by atoms with Gasteiger partial charge in [0.25, 0.3) is 5.92 Å². The molecule has 1 aliphatic heterocycles. The molecule has 0 saturated carbocycles. The monoisotopic (exact) mass is 477 g/mol. The molecule has 1 aromatic heterocycles. The van der Waals surface area contributed by atoms with E-state index in [-0.39, 0.29) is 37.8 Å². The van der Waals surface area contributed by atoms with Gasteiger partial charge in [0.2, 0.25) is 5.91 Å². The van der Waals surface area contributed by atoms with E-state index in [1.165, 1.54) is 0 Å². The maximum absolute atomic E-state index is 13.4. The Morgan fingerprint density at radius 2 is 1.94 bits per heavy atom. The Kier molecular flexibility index (Phi) is 7.88. The third kappa shape index (κ3) is 6.74. The van der Waals surface area contributed by atoms with Crippen LogP contribution in [0.3, 0.4) is 0 Å². The molecule has 1 amide bonds. The maximum Gasteiger partial charge on any atom is 0.251 e. The Morgan fingerprint density at radius 3 is 2.57 bits per heavy atom. The normalized spacial score (nSPS) is 19.7. The Balaban J connectivity index is 1.36. The van der Waals surface area contributed by atoms with Crippen LogP contribution in [0.15, 0.2) is 66.9 Å². The van der Waals surface area contributed by atoms with Crippen LogP contribution in [-0.4, -0.2) is 42.5 Å². The second-order valence-electron chi connectivity index (χ2n) is 8.94. The van der Waals surface area contributed by atoms with Crippen molar-refractivity contribution in [3.05, 3.63) is 78.0 Å². The number of amides is 1. The molecule has 6 nitrogen and oxygen atoms in total. The van der Waals surface area contributed by atoms with Gasteiger partial charge >= 0.3 is 0 Å². The molecular weight excluding hydrogens is 448 g/mol. The molecule has 2 unspecified atom stereocenters. The molecule has 35 heavy (non-hydrogen) atoms. The number of alkyl halides is 2. The molecule has 8 heteroatoms. The highest BCUT2D eigenvalue weighted by Gasteiger charge is 2.34. The van der Waals surface area contributed by atoms with Gasteiger partial charge in [-0.05, 0) is 49.2 Å². The van der Waals surface area contributed by atoms with E-state index in [1.807, 2.05) is 47.4 Å². The molecule has 2 aromatic rings. The molecule has 4 rings (SSSR count). The zero-order valence-electron chi connectivity index (χ0n) is 19.5. The lowest BCUT2D eigenvalue weighted by Gasteiger charge is -2.33. The fraction of sp³-hybridized carbons (Fsp3) is 0.370. The third-order valence-corrected chi connectivity index (χ3v) is 6.44. The second-order valence-corrected chi connectivity index (χ2v) is 8.94. The molecule has 1 fully saturated rings. The number of nitrogens with one attached hydrogen (secondary N) is 2. The van der Waals surface area contributed by atoms with E-state index in [0.717, 1.165) is 24.1 Å². The SMILES string of the molecule is N#Cc1ccc(CCNC(C(=O)Nc2ccc(N3CCC(F)(F)CC3)cn2)C2C=CC=CC2)cc1. The largest absolute Gasteiger partial charge is 0.370 e. The highest BCUT2D eigenvalue weighted by Crippen LogP contribution is 2.30. The highest BCUT2D eigenvalue weighted by molar-refractivity contribution is 5.94. The molecule has 0 radical (unpaired) electrons. The van der Waals surface area contributed by atoms with E-state index >= 15 is 0 Å². The number of rotatable bonds is 8. The number of nitriles is 1. The van der Waals surface area contributed by atoms with Crippen molar-refractivity contribution in [1.29, 1.82) is 5.26 Å². The third-order valence-electron chi connectivity index (χ3n) is 6.44. The van der Waals surface area contributed by atoms with Crippen LogP contribution >= 0.6 is 0 Å². The van der Waals surface area contributed by atoms with Crippen LogP contribution in [0.5, 0.6) is 0 Å². The number of carbonyl (C=O) groups is 1. The Labute approximate surface area is 204 Å². The lowest BCUT2D eigenvalue weighted by Crippen LogP contribution is -2.46. The highest BCUT2D eigenvalue weighted by atomic mass is 19.3. The van der Waals surface area contributed by atoms with Gasteiger partial charge in [-0.25, -0.2) is 13.8 Å². The molecule has 2 N–H and O–H groups in total. The summed E-state index contributed by atoms with van der Waals surface area (Å²) in [4.78, 5) is 19.4. The van der Waals surface area contributed by atoms with Crippen molar-refractivity contribution in [2.75, 3.05) is 29.9 Å². The molecule has 0 bridgehead atoms. The van der Waals surface area contributed by atoms with E-state index in [1.54, 1.807) is 24.4 Å². The molecule has 1 aliphatic carbocycles. The van der Waals surface area contributed by atoms with Crippen LogP contribution in [0.1, 0.15) is 30.4 Å². The van der Waals surface area contributed by atoms with Gasteiger partial charge < -0.3 is 15.5 Å². The maximum atomic E-state index is 13.4. The van der Waals surface area contributed by atoms with Crippen molar-refractivity contribution in [2.24, 2.45) is 5.92 Å². The summed E-state index contributed by atoms with van der Waals surface area (Å²) in [6.45, 7) is 1.17. The Bertz CT molecular complexity index is 1100. The number of halogens is 2. The molecule has 2 atom stereocenters. The van der Waals surface area contributed by atoms with Crippen LogP contribution < -0.4 is 15.5 Å². The number of aromatic nitrogens is 1. The zero-order valence-corrected chi connectivity index (χ0v) is 19.5. The first-order chi connectivity index (χ1) is 16.9. The molecule has 1 aromatic carbocycles. The first kappa shape index (κ1) is 24.6. The predicted octanol–water partition coefficient (Wildman–Crippen LogP) is 4.46. The lowest BCUT2D eigenvalue weighted by atomic mass is 9.91. The summed E-state index contributed by atoms with van der Waals surface area (Å²) in [5.74, 6) is -2.33. The van der Waals surface area contributed by atoms with Crippen molar-refractivity contribution in [3.8, 4) is 6.07 Å². The van der Waals surface area contributed by atoms with E-state index in [0.29, 0.717) is 17.9 Å². The summed E-state index contributed by atoms with van der Waals surface area (Å²) >= 11 is 0. The van der Waals surface area contributed by atoms with E-state index in [2.05, 4.69) is 21.7 Å². The fourth-order valence-electron chi connectivity index (χ4n) is 4.35. The number of benzene rings is 1. The molecule has 0 spiro atoms. The molecular formula is C27H29F2N5O. The number of carbonyl (C=O) groups excluding carboxylic acids is 1. The number of hydrogen-bond acceptors (Lipinski definition) is 5. The molecule has 2 heterocycles. The van der Waals surface area contributed by atoms with Gasteiger partial charge in [0, 0.05) is 31.8 Å². The standard InChI is InChI=1S/C27H29F2N5O/c28-27(29)13-16-34(17-14-27)23-10-11-24(32-19-23)33-26(35)25(22-4-2-1-3-5-22)31-15-12-20-6-8-21(18-30)9-7-20/h1-4,6-11,19,22,25,31H,5,12-17H2,(H,32,33,35). The van der Waals surface area contributed by atoms with Gasteiger partial charge in [0.15, 0.2) is 0 Å². The fourth-order valence-corrected chi connectivity index (χ4v) is 4.35. The van der Waals surface area contributed by atoms with Crippen LogP contribution in [0.2, 0.25) is 0 Å². The van der Waals surface area contributed by atoms with Crippen LogP contribution in [-0.2, 0) is 11.2 Å². The van der Waals surface area contributed by atoms with E-state index < -0.39 is 12.0 Å². The summed E-state index contributed by atoms with van der Waals surface area (Å²) in [6.07, 6.45) is 10.8. The van der Waals surface area contributed by atoms with Crippen molar-refractivity contribution >= 4 is 17.4 Å². The van der Waals surface area contributed by atoms with Crippen LogP contribution in [0.25, 0.3) is 0 Å². The van der Waals surface area contributed by atoms with Crippen LogP contribution in [0.4, 0.5) is 20.3 Å². The van der Waals surface area contributed by atoms with Gasteiger partial charge in [-0.3, -0.25) is 4.79 Å². The van der Waals surface area contributed by atoms with Gasteiger partial charge in [-0.2, -0.15) is 5.26 Å². The number of allylic oxidation sites excluding steroid dienone is 3. The Morgan fingerprint density at radius 1 is 1.17 bits per heavy atom. The van der Waals surface area contributed by atoms with Gasteiger partial charge in [0.1, 0.15) is 5.82 Å². The minimum absolute atomic E-state index is 0.00950. The number of nitrogens with zero attached hydrogens (tertiary/aromatic N) is 3. The summed E-state index contributed by atoms with van der Waals surface area (Å²) in [5, 5.41) is 15.2. The van der Waals surface area contributed by atoms with Crippen molar-refractivity contribution < 1.29 is 13.6 Å². The van der Waals surface area contributed by atoms with Gasteiger partial charge in [0.05, 0.1) is 29.6 Å². The van der Waals surface area contributed by atoms with E-state index in [9.17, 15) is 13.6 Å². The molecule has 1 saturated heterocycles. The minimum atomic E-state index is -2.59. The summed E-state index contributed by atoms with van der Waals surface area (Å²) in [5.41, 5.74) is 2.48. The van der Waals surface area contributed by atoms with E-state index in [4.69, 9.17) is 5.26 Å². The number of anilines is 2. The number of piperidine rings is 1. The summed E-state index contributed by atoms with van der Waals surface area (Å²) < 4.78 is 26.9. The quantitative estimate of drug-likeness (QED) is 0.587. The average molecular weight is 478 g/mol. The topological polar surface area (TPSA) is 81.0 Å². The summed E-state index contributed by atoms with van der Waals surface area (Å²) in [7, 11) is 0. The average Bonchev–Trinajstić information content (AvgIpc) is 2.88. The zero-order chi connectivity index (χ0) is 24.7. The van der Waals surface area contributed by atoms with Crippen molar-refractivity contribution in [3.63, 3.8) is 0 Å². The molecule has 2 aliphatic rings. The first-order valence-electron chi connectivity index (χ1n) is 11.9. The first-order valence-corrected chi connectivity index (χ1v) is 11.9. The summed E-state index contributed by atoms with van der Waals surface area (Å²) in [6, 6.07) is 12.6. The smallest absolute Gasteiger partial charge is 0.251 e. The number of hydrogen-bond donors (Lipinski definition) is 2. The van der Waals surface area contributed by atoms with Crippen molar-refractivity contribution in [2.45, 2.75) is 37.6 Å². The number of pyridine rings is 1. The second kappa shape index (κ2) is 11.2. The molecule has 182 valence electrons. The lowest BCUT2D eigenvalue weighted by molar-refractivity contribution is -0.119. The Hall–Kier alpha value is -3.57. The van der Waals surface area contributed by atoms with Gasteiger partial charge in [-0.15, -0.1) is 0 Å².